The molecule has 0 bridgehead atoms. The van der Waals surface area contributed by atoms with Crippen LogP contribution in [0.25, 0.3) is 11.1 Å². The minimum atomic E-state index is -4.77. The van der Waals surface area contributed by atoms with Gasteiger partial charge >= 0.3 is 12.3 Å². The number of hydrogen-bond acceptors (Lipinski definition) is 4. The quantitative estimate of drug-likeness (QED) is 0.161. The van der Waals surface area contributed by atoms with E-state index >= 15 is 0 Å². The number of unbranched alkanes of at least 4 members (excludes halogenated alkanes) is 2. The van der Waals surface area contributed by atoms with Gasteiger partial charge in [-0.15, -0.1) is 13.2 Å². The molecule has 3 aromatic carbocycles. The molecule has 200 valence electrons. The van der Waals surface area contributed by atoms with Crippen LogP contribution >= 0.6 is 0 Å². The second-order valence-electron chi connectivity index (χ2n) is 9.00. The third-order valence-corrected chi connectivity index (χ3v) is 6.31. The lowest BCUT2D eigenvalue weighted by Crippen LogP contribution is -2.22. The zero-order valence-corrected chi connectivity index (χ0v) is 20.6. The van der Waals surface area contributed by atoms with Crippen molar-refractivity contribution in [1.29, 1.82) is 0 Å². The highest BCUT2D eigenvalue weighted by molar-refractivity contribution is 6.04. The van der Waals surface area contributed by atoms with Gasteiger partial charge in [0.2, 0.25) is 0 Å². The smallest absolute Gasteiger partial charge is 0.465 e. The first kappa shape index (κ1) is 27.3. The van der Waals surface area contributed by atoms with Crippen LogP contribution < -0.4 is 4.74 Å². The van der Waals surface area contributed by atoms with Gasteiger partial charge in [-0.1, -0.05) is 62.2 Å². The Morgan fingerprint density at radius 3 is 2.11 bits per heavy atom. The summed E-state index contributed by atoms with van der Waals surface area (Å²) in [5, 5.41) is 0. The highest BCUT2D eigenvalue weighted by atomic mass is 19.4. The van der Waals surface area contributed by atoms with Gasteiger partial charge in [-0.05, 0) is 47.4 Å². The third-order valence-electron chi connectivity index (χ3n) is 6.31. The Labute approximate surface area is 217 Å². The summed E-state index contributed by atoms with van der Waals surface area (Å²) in [5.41, 5.74) is 1.92. The van der Waals surface area contributed by atoms with E-state index in [1.165, 1.54) is 30.3 Å². The summed E-state index contributed by atoms with van der Waals surface area (Å²) < 4.78 is 75.6. The van der Waals surface area contributed by atoms with Crippen molar-refractivity contribution in [3.63, 3.8) is 0 Å². The first-order valence-corrected chi connectivity index (χ1v) is 12.3. The monoisotopic (exact) mass is 531 g/mol. The second kappa shape index (κ2) is 11.8. The van der Waals surface area contributed by atoms with Crippen LogP contribution in [0.4, 0.5) is 22.0 Å². The number of carbonyl (C=O) groups is 1. The standard InChI is InChI=1S/C29H26F5NO3/c1-2-3-4-16-37-28(36)22-17-25(26-23(30)6-5-7-24(26)31)35-27(22)20-10-8-18(9-11-20)19-12-14-21(15-13-19)38-29(32,33)34/h5-15,22,27H,2-4,16-17H2,1H3. The Kier molecular flexibility index (Phi) is 8.44. The van der Waals surface area contributed by atoms with Gasteiger partial charge in [0, 0.05) is 12.1 Å². The largest absolute Gasteiger partial charge is 0.573 e. The molecular weight excluding hydrogens is 505 g/mol. The van der Waals surface area contributed by atoms with Crippen molar-refractivity contribution in [1.82, 2.24) is 0 Å². The van der Waals surface area contributed by atoms with Crippen molar-refractivity contribution in [3.05, 3.63) is 89.5 Å². The summed E-state index contributed by atoms with van der Waals surface area (Å²) in [6.07, 6.45) is -2.15. The van der Waals surface area contributed by atoms with Gasteiger partial charge in [0.1, 0.15) is 17.4 Å². The average Bonchev–Trinajstić information content (AvgIpc) is 3.31. The van der Waals surface area contributed by atoms with Crippen LogP contribution in [0, 0.1) is 17.6 Å². The minimum absolute atomic E-state index is 0.0253. The highest BCUT2D eigenvalue weighted by Crippen LogP contribution is 2.39. The molecule has 1 aliphatic heterocycles. The SMILES string of the molecule is CCCCCOC(=O)C1CC(c2c(F)cccc2F)=NC1c1ccc(-c2ccc(OC(F)(F)F)cc2)cc1. The molecule has 2 unspecified atom stereocenters. The first-order valence-electron chi connectivity index (χ1n) is 12.3. The lowest BCUT2D eigenvalue weighted by atomic mass is 9.90. The predicted molar refractivity (Wildman–Crippen MR) is 133 cm³/mol. The van der Waals surface area contributed by atoms with E-state index in [1.54, 1.807) is 24.3 Å². The van der Waals surface area contributed by atoms with E-state index in [2.05, 4.69) is 9.73 Å². The molecule has 4 nitrogen and oxygen atoms in total. The van der Waals surface area contributed by atoms with Gasteiger partial charge in [-0.2, -0.15) is 0 Å². The van der Waals surface area contributed by atoms with Gasteiger partial charge in [0.25, 0.3) is 0 Å². The molecule has 3 aromatic rings. The van der Waals surface area contributed by atoms with Crippen molar-refractivity contribution in [2.45, 2.75) is 45.0 Å². The van der Waals surface area contributed by atoms with Gasteiger partial charge in [-0.25, -0.2) is 8.78 Å². The Balaban J connectivity index is 1.59. The Morgan fingerprint density at radius 2 is 1.53 bits per heavy atom. The number of aliphatic imine (C=N–C) groups is 1. The number of hydrogen-bond donors (Lipinski definition) is 0. The van der Waals surface area contributed by atoms with Crippen molar-refractivity contribution in [3.8, 4) is 16.9 Å². The normalized spacial score (nSPS) is 17.3. The summed E-state index contributed by atoms with van der Waals surface area (Å²) >= 11 is 0. The first-order chi connectivity index (χ1) is 18.2. The number of rotatable bonds is 9. The molecule has 0 fully saturated rings. The summed E-state index contributed by atoms with van der Waals surface area (Å²) in [6, 6.07) is 15.3. The molecule has 0 radical (unpaired) electrons. The zero-order valence-electron chi connectivity index (χ0n) is 20.6. The van der Waals surface area contributed by atoms with E-state index in [0.717, 1.165) is 31.4 Å². The van der Waals surface area contributed by atoms with Crippen molar-refractivity contribution in [2.24, 2.45) is 10.9 Å². The lowest BCUT2D eigenvalue weighted by Gasteiger charge is -2.18. The van der Waals surface area contributed by atoms with E-state index < -0.39 is 35.9 Å². The molecule has 0 spiro atoms. The van der Waals surface area contributed by atoms with Crippen LogP contribution in [0.15, 0.2) is 71.7 Å². The summed E-state index contributed by atoms with van der Waals surface area (Å²) in [6.45, 7) is 2.29. The molecule has 0 N–H and O–H groups in total. The van der Waals surface area contributed by atoms with Gasteiger partial charge in [0.05, 0.1) is 24.1 Å². The van der Waals surface area contributed by atoms with E-state index in [0.29, 0.717) is 16.7 Å². The van der Waals surface area contributed by atoms with E-state index in [9.17, 15) is 26.7 Å². The van der Waals surface area contributed by atoms with E-state index in [4.69, 9.17) is 4.74 Å². The van der Waals surface area contributed by atoms with Crippen molar-refractivity contribution >= 4 is 11.7 Å². The molecule has 0 aromatic heterocycles. The molecule has 0 saturated carbocycles. The molecule has 1 aliphatic rings. The predicted octanol–water partition coefficient (Wildman–Crippen LogP) is 7.81. The molecule has 38 heavy (non-hydrogen) atoms. The minimum Gasteiger partial charge on any atom is -0.465 e. The highest BCUT2D eigenvalue weighted by Gasteiger charge is 2.39. The van der Waals surface area contributed by atoms with Gasteiger partial charge in [-0.3, -0.25) is 9.79 Å². The molecule has 0 amide bonds. The van der Waals surface area contributed by atoms with Crippen LogP contribution in [0.5, 0.6) is 5.75 Å². The van der Waals surface area contributed by atoms with Crippen molar-refractivity contribution < 1.29 is 36.2 Å². The molecule has 2 atom stereocenters. The van der Waals surface area contributed by atoms with E-state index in [-0.39, 0.29) is 30.1 Å². The van der Waals surface area contributed by atoms with Crippen molar-refractivity contribution in [2.75, 3.05) is 6.61 Å². The third kappa shape index (κ3) is 6.57. The number of nitrogens with zero attached hydrogens (tertiary/aromatic N) is 1. The summed E-state index contributed by atoms with van der Waals surface area (Å²) in [5.74, 6) is -3.08. The van der Waals surface area contributed by atoms with Crippen LogP contribution in [-0.2, 0) is 9.53 Å². The van der Waals surface area contributed by atoms with Crippen LogP contribution in [0.3, 0.4) is 0 Å². The molecular formula is C29H26F5NO3. The number of alkyl halides is 3. The maximum Gasteiger partial charge on any atom is 0.573 e. The molecule has 9 heteroatoms. The van der Waals surface area contributed by atoms with E-state index in [1.807, 2.05) is 6.92 Å². The van der Waals surface area contributed by atoms with Crippen LogP contribution in [-0.4, -0.2) is 24.7 Å². The van der Waals surface area contributed by atoms with Gasteiger partial charge < -0.3 is 9.47 Å². The number of esters is 1. The number of benzene rings is 3. The number of halogens is 5. The molecule has 0 saturated heterocycles. The molecule has 0 aliphatic carbocycles. The lowest BCUT2D eigenvalue weighted by molar-refractivity contribution is -0.274. The fourth-order valence-corrected chi connectivity index (χ4v) is 4.44. The maximum absolute atomic E-state index is 14.5. The van der Waals surface area contributed by atoms with Crippen LogP contribution in [0.2, 0.25) is 0 Å². The Bertz CT molecular complexity index is 1270. The fraction of sp³-hybridized carbons (Fsp3) is 0.310. The van der Waals surface area contributed by atoms with Gasteiger partial charge in [0.15, 0.2) is 0 Å². The molecule has 4 rings (SSSR count). The number of carbonyl (C=O) groups excluding carboxylic acids is 1. The average molecular weight is 532 g/mol. The fourth-order valence-electron chi connectivity index (χ4n) is 4.44. The number of ether oxygens (including phenoxy) is 2. The summed E-state index contributed by atoms with van der Waals surface area (Å²) in [7, 11) is 0. The Hall–Kier alpha value is -3.75. The zero-order chi connectivity index (χ0) is 27.3. The second-order valence-corrected chi connectivity index (χ2v) is 9.00. The molecule has 1 heterocycles. The van der Waals surface area contributed by atoms with Crippen LogP contribution in [0.1, 0.15) is 49.8 Å². The Morgan fingerprint density at radius 1 is 0.921 bits per heavy atom. The maximum atomic E-state index is 14.5. The topological polar surface area (TPSA) is 47.9 Å². The summed E-state index contributed by atoms with van der Waals surface area (Å²) in [4.78, 5) is 17.5.